The Morgan fingerprint density at radius 1 is 0.800 bits per heavy atom. The Morgan fingerprint density at radius 3 is 2.53 bits per heavy atom. The molecule has 0 unspecified atom stereocenters. The summed E-state index contributed by atoms with van der Waals surface area (Å²) in [5.74, 6) is 0. The van der Waals surface area contributed by atoms with Crippen molar-refractivity contribution in [2.24, 2.45) is 0 Å². The van der Waals surface area contributed by atoms with E-state index in [0.29, 0.717) is 0 Å². The molecule has 3 rings (SSSR count). The maximum atomic E-state index is 4.37. The van der Waals surface area contributed by atoms with Crippen LogP contribution in [0.25, 0.3) is 21.8 Å². The minimum absolute atomic E-state index is 0. The van der Waals surface area contributed by atoms with E-state index >= 15 is 0 Å². The second kappa shape index (κ2) is 3.96. The van der Waals surface area contributed by atoms with Crippen molar-refractivity contribution in [2.75, 3.05) is 0 Å². The normalized spacial score (nSPS) is 10.1. The van der Waals surface area contributed by atoms with Crippen LogP contribution in [0.3, 0.4) is 0 Å². The summed E-state index contributed by atoms with van der Waals surface area (Å²) >= 11 is 0. The molecule has 0 atom stereocenters. The summed E-state index contributed by atoms with van der Waals surface area (Å²) in [5, 5.41) is 2.28. The SMILES string of the molecule is [Co].c1cnc2c(c1)ccc1ncccc12. The van der Waals surface area contributed by atoms with Gasteiger partial charge in [-0.1, -0.05) is 12.1 Å². The summed E-state index contributed by atoms with van der Waals surface area (Å²) in [6.07, 6.45) is 3.62. The number of pyridine rings is 2. The van der Waals surface area contributed by atoms with E-state index in [1.165, 1.54) is 0 Å². The molecule has 0 spiro atoms. The van der Waals surface area contributed by atoms with E-state index < -0.39 is 0 Å². The van der Waals surface area contributed by atoms with E-state index in [-0.39, 0.29) is 16.8 Å². The van der Waals surface area contributed by atoms with Crippen molar-refractivity contribution in [3.63, 3.8) is 0 Å². The van der Waals surface area contributed by atoms with Crippen molar-refractivity contribution in [3.05, 3.63) is 48.8 Å². The summed E-state index contributed by atoms with van der Waals surface area (Å²) in [6.45, 7) is 0. The molecule has 0 fully saturated rings. The number of hydrogen-bond donors (Lipinski definition) is 0. The van der Waals surface area contributed by atoms with Gasteiger partial charge in [0.1, 0.15) is 0 Å². The maximum Gasteiger partial charge on any atom is 0.0795 e. The zero-order valence-corrected chi connectivity index (χ0v) is 8.89. The molecule has 0 aliphatic carbocycles. The quantitative estimate of drug-likeness (QED) is 0.564. The van der Waals surface area contributed by atoms with Gasteiger partial charge in [0.25, 0.3) is 0 Å². The molecule has 0 saturated carbocycles. The van der Waals surface area contributed by atoms with Crippen LogP contribution in [0.5, 0.6) is 0 Å². The van der Waals surface area contributed by atoms with Crippen LogP contribution in [-0.2, 0) is 16.8 Å². The molecule has 2 aromatic heterocycles. The van der Waals surface area contributed by atoms with Crippen LogP contribution in [0.2, 0.25) is 0 Å². The fraction of sp³-hybridized carbons (Fsp3) is 0. The molecule has 0 bridgehead atoms. The van der Waals surface area contributed by atoms with E-state index in [9.17, 15) is 0 Å². The first-order chi connectivity index (χ1) is 6.95. The number of fused-ring (bicyclic) bond motifs is 3. The molecule has 2 heterocycles. The second-order valence-electron chi connectivity index (χ2n) is 3.21. The molecule has 1 aromatic carbocycles. The summed E-state index contributed by atoms with van der Waals surface area (Å²) in [6, 6.07) is 12.1. The van der Waals surface area contributed by atoms with Crippen molar-refractivity contribution in [1.82, 2.24) is 9.97 Å². The molecule has 0 aliphatic rings. The number of aromatic nitrogens is 2. The number of benzene rings is 1. The summed E-state index contributed by atoms with van der Waals surface area (Å²) in [5.41, 5.74) is 2.02. The van der Waals surface area contributed by atoms with Crippen LogP contribution in [0.15, 0.2) is 48.8 Å². The molecule has 0 saturated heterocycles. The fourth-order valence-corrected chi connectivity index (χ4v) is 1.70. The Labute approximate surface area is 97.6 Å². The van der Waals surface area contributed by atoms with Crippen molar-refractivity contribution >= 4 is 21.8 Å². The predicted molar refractivity (Wildman–Crippen MR) is 57.0 cm³/mol. The number of rotatable bonds is 0. The van der Waals surface area contributed by atoms with Crippen molar-refractivity contribution < 1.29 is 16.8 Å². The van der Waals surface area contributed by atoms with Gasteiger partial charge in [-0.25, -0.2) is 0 Å². The van der Waals surface area contributed by atoms with E-state index in [4.69, 9.17) is 0 Å². The maximum absolute atomic E-state index is 4.37. The Morgan fingerprint density at radius 2 is 1.60 bits per heavy atom. The van der Waals surface area contributed by atoms with Gasteiger partial charge in [-0.3, -0.25) is 9.97 Å². The largest absolute Gasteiger partial charge is 0.256 e. The van der Waals surface area contributed by atoms with Crippen LogP contribution < -0.4 is 0 Å². The first-order valence-corrected chi connectivity index (χ1v) is 4.53. The zero-order valence-electron chi connectivity index (χ0n) is 7.85. The Kier molecular flexibility index (Phi) is 2.66. The van der Waals surface area contributed by atoms with Crippen LogP contribution in [0.1, 0.15) is 0 Å². The van der Waals surface area contributed by atoms with Crippen LogP contribution in [-0.4, -0.2) is 9.97 Å². The van der Waals surface area contributed by atoms with Crippen molar-refractivity contribution in [2.45, 2.75) is 0 Å². The predicted octanol–water partition coefficient (Wildman–Crippen LogP) is 2.78. The monoisotopic (exact) mass is 239 g/mol. The molecule has 0 amide bonds. The Hall–Kier alpha value is -1.45. The van der Waals surface area contributed by atoms with Gasteiger partial charge in [-0.05, 0) is 24.3 Å². The van der Waals surface area contributed by atoms with Gasteiger partial charge in [0.05, 0.1) is 11.0 Å². The smallest absolute Gasteiger partial charge is 0.0795 e. The summed E-state index contributed by atoms with van der Waals surface area (Å²) in [7, 11) is 0. The third-order valence-corrected chi connectivity index (χ3v) is 2.35. The van der Waals surface area contributed by atoms with Gasteiger partial charge >= 0.3 is 0 Å². The first kappa shape index (κ1) is 10.1. The molecule has 3 heteroatoms. The van der Waals surface area contributed by atoms with E-state index in [1.54, 1.807) is 6.20 Å². The topological polar surface area (TPSA) is 25.8 Å². The van der Waals surface area contributed by atoms with Crippen molar-refractivity contribution in [1.29, 1.82) is 0 Å². The summed E-state index contributed by atoms with van der Waals surface area (Å²) < 4.78 is 0. The molecular formula is C12H8CoN2. The van der Waals surface area contributed by atoms with Gasteiger partial charge < -0.3 is 0 Å². The van der Waals surface area contributed by atoms with Gasteiger partial charge in [-0.15, -0.1) is 0 Å². The number of hydrogen-bond acceptors (Lipinski definition) is 2. The fourth-order valence-electron chi connectivity index (χ4n) is 1.70. The van der Waals surface area contributed by atoms with Crippen molar-refractivity contribution in [3.8, 4) is 0 Å². The molecular weight excluding hydrogens is 231 g/mol. The second-order valence-corrected chi connectivity index (χ2v) is 3.21. The molecule has 0 aliphatic heterocycles. The van der Waals surface area contributed by atoms with Gasteiger partial charge in [0.15, 0.2) is 0 Å². The number of nitrogens with zero attached hydrogens (tertiary/aromatic N) is 2. The van der Waals surface area contributed by atoms with E-state index in [1.807, 2.05) is 24.4 Å². The van der Waals surface area contributed by atoms with Crippen LogP contribution >= 0.6 is 0 Å². The standard InChI is InChI=1S/C12H8N2.Co/c1-3-9-5-6-11-10(4-2-7-13-11)12(9)14-8-1;/h1-8H;. The molecule has 1 radical (unpaired) electrons. The van der Waals surface area contributed by atoms with Crippen LogP contribution in [0, 0.1) is 0 Å². The molecule has 75 valence electrons. The Bertz CT molecular complexity index is 553. The van der Waals surface area contributed by atoms with Gasteiger partial charge in [0, 0.05) is 39.9 Å². The Balaban J connectivity index is 0.000000853. The van der Waals surface area contributed by atoms with E-state index in [2.05, 4.69) is 28.2 Å². The molecule has 15 heavy (non-hydrogen) atoms. The van der Waals surface area contributed by atoms with Gasteiger partial charge in [0.2, 0.25) is 0 Å². The average Bonchev–Trinajstić information content (AvgIpc) is 2.29. The van der Waals surface area contributed by atoms with Crippen LogP contribution in [0.4, 0.5) is 0 Å². The zero-order chi connectivity index (χ0) is 9.38. The van der Waals surface area contributed by atoms with E-state index in [0.717, 1.165) is 21.8 Å². The molecule has 3 aromatic rings. The third kappa shape index (κ3) is 1.60. The summed E-state index contributed by atoms with van der Waals surface area (Å²) in [4.78, 5) is 8.66. The average molecular weight is 239 g/mol. The first-order valence-electron chi connectivity index (χ1n) is 4.53. The minimum atomic E-state index is 0. The van der Waals surface area contributed by atoms with Gasteiger partial charge in [-0.2, -0.15) is 0 Å². The molecule has 2 nitrogen and oxygen atoms in total. The third-order valence-electron chi connectivity index (χ3n) is 2.35. The minimum Gasteiger partial charge on any atom is -0.256 e. The molecule has 0 N–H and O–H groups in total.